The lowest BCUT2D eigenvalue weighted by Crippen LogP contribution is -2.30. The molecular formula is C19H22N4O3. The van der Waals surface area contributed by atoms with Crippen LogP contribution in [-0.2, 0) is 11.2 Å². The number of hydrogen-bond acceptors (Lipinski definition) is 4. The Hall–Kier alpha value is -2.83. The molecule has 0 bridgehead atoms. The van der Waals surface area contributed by atoms with Crippen LogP contribution in [0.4, 0.5) is 0 Å². The number of nitrogens with one attached hydrogen (secondary N) is 1. The minimum Gasteiger partial charge on any atom is -0.467 e. The lowest BCUT2D eigenvalue weighted by molar-refractivity contribution is -0.132. The molecule has 1 amide bonds. The molecule has 1 aliphatic rings. The van der Waals surface area contributed by atoms with Gasteiger partial charge in [0.25, 0.3) is 5.56 Å². The van der Waals surface area contributed by atoms with E-state index in [9.17, 15) is 9.59 Å². The number of aryl methyl sites for hydroxylation is 2. The molecule has 26 heavy (non-hydrogen) atoms. The number of amides is 1. The molecule has 1 fully saturated rings. The average Bonchev–Trinajstić information content (AvgIpc) is 3.33. The van der Waals surface area contributed by atoms with Crippen molar-refractivity contribution in [1.82, 2.24) is 19.5 Å². The molecule has 136 valence electrons. The molecule has 0 spiro atoms. The standard InChI is InChI=1S/C19H22N4O3/c1-12-14(13(2)23-17(20-12)11-18(24)21-23)7-8-19(25)22-9-3-5-15(22)16-6-4-10-26-16/h4,6,10-11,15H,3,5,7-9H2,1-2H3,(H,21,24). The van der Waals surface area contributed by atoms with Crippen LogP contribution in [0.1, 0.15) is 48.0 Å². The third-order valence-electron chi connectivity index (χ3n) is 5.24. The topological polar surface area (TPSA) is 83.6 Å². The molecule has 0 aliphatic carbocycles. The van der Waals surface area contributed by atoms with Gasteiger partial charge in [-0.25, -0.2) is 9.50 Å². The van der Waals surface area contributed by atoms with Gasteiger partial charge < -0.3 is 9.32 Å². The van der Waals surface area contributed by atoms with Crippen LogP contribution >= 0.6 is 0 Å². The third kappa shape index (κ3) is 2.83. The van der Waals surface area contributed by atoms with E-state index in [1.165, 1.54) is 6.07 Å². The Morgan fingerprint density at radius 2 is 2.27 bits per heavy atom. The van der Waals surface area contributed by atoms with Crippen molar-refractivity contribution in [2.45, 2.75) is 45.6 Å². The summed E-state index contributed by atoms with van der Waals surface area (Å²) in [5, 5.41) is 2.75. The first-order valence-corrected chi connectivity index (χ1v) is 8.95. The van der Waals surface area contributed by atoms with Crippen LogP contribution in [-0.4, -0.2) is 31.9 Å². The maximum atomic E-state index is 12.8. The van der Waals surface area contributed by atoms with E-state index in [1.807, 2.05) is 30.9 Å². The number of H-pyrrole nitrogens is 1. The summed E-state index contributed by atoms with van der Waals surface area (Å²) in [6, 6.07) is 5.32. The van der Waals surface area contributed by atoms with Gasteiger partial charge in [0.15, 0.2) is 5.65 Å². The summed E-state index contributed by atoms with van der Waals surface area (Å²) >= 11 is 0. The molecule has 4 heterocycles. The summed E-state index contributed by atoms with van der Waals surface area (Å²) < 4.78 is 7.20. The summed E-state index contributed by atoms with van der Waals surface area (Å²) in [5.74, 6) is 0.986. The van der Waals surface area contributed by atoms with Crippen LogP contribution in [0.3, 0.4) is 0 Å². The molecule has 1 unspecified atom stereocenters. The molecule has 1 atom stereocenters. The van der Waals surface area contributed by atoms with Gasteiger partial charge in [-0.1, -0.05) is 0 Å². The van der Waals surface area contributed by atoms with Crippen molar-refractivity contribution in [2.24, 2.45) is 0 Å². The second kappa shape index (κ2) is 6.48. The zero-order valence-electron chi connectivity index (χ0n) is 15.0. The van der Waals surface area contributed by atoms with Gasteiger partial charge in [0, 0.05) is 30.4 Å². The molecule has 3 aromatic heterocycles. The van der Waals surface area contributed by atoms with Crippen molar-refractivity contribution in [3.8, 4) is 0 Å². The summed E-state index contributed by atoms with van der Waals surface area (Å²) in [5.41, 5.74) is 3.22. The molecular weight excluding hydrogens is 332 g/mol. The van der Waals surface area contributed by atoms with Gasteiger partial charge >= 0.3 is 0 Å². The van der Waals surface area contributed by atoms with Crippen molar-refractivity contribution in [2.75, 3.05) is 6.54 Å². The third-order valence-corrected chi connectivity index (χ3v) is 5.24. The van der Waals surface area contributed by atoms with E-state index in [2.05, 4.69) is 10.1 Å². The Labute approximate surface area is 150 Å². The summed E-state index contributed by atoms with van der Waals surface area (Å²) in [4.78, 5) is 30.8. The van der Waals surface area contributed by atoms with E-state index >= 15 is 0 Å². The van der Waals surface area contributed by atoms with Crippen molar-refractivity contribution in [3.05, 3.63) is 57.5 Å². The Bertz CT molecular complexity index is 1000. The molecule has 0 radical (unpaired) electrons. The second-order valence-electron chi connectivity index (χ2n) is 6.84. The first-order chi connectivity index (χ1) is 12.5. The number of aromatic nitrogens is 3. The normalized spacial score (nSPS) is 17.3. The van der Waals surface area contributed by atoms with E-state index in [0.29, 0.717) is 18.5 Å². The van der Waals surface area contributed by atoms with Crippen LogP contribution in [0, 0.1) is 13.8 Å². The van der Waals surface area contributed by atoms with Gasteiger partial charge in [-0.3, -0.25) is 14.7 Å². The van der Waals surface area contributed by atoms with Crippen LogP contribution < -0.4 is 5.56 Å². The number of nitrogens with zero attached hydrogens (tertiary/aromatic N) is 3. The van der Waals surface area contributed by atoms with Gasteiger partial charge in [-0.2, -0.15) is 0 Å². The van der Waals surface area contributed by atoms with E-state index in [4.69, 9.17) is 4.42 Å². The quantitative estimate of drug-likeness (QED) is 0.780. The van der Waals surface area contributed by atoms with Gasteiger partial charge in [0.1, 0.15) is 5.76 Å². The fraction of sp³-hybridized carbons (Fsp3) is 0.421. The van der Waals surface area contributed by atoms with E-state index < -0.39 is 0 Å². The number of carbonyl (C=O) groups excluding carboxylic acids is 1. The van der Waals surface area contributed by atoms with E-state index in [1.54, 1.807) is 10.8 Å². The van der Waals surface area contributed by atoms with Crippen LogP contribution in [0.25, 0.3) is 5.65 Å². The smallest absolute Gasteiger partial charge is 0.266 e. The highest BCUT2D eigenvalue weighted by Crippen LogP contribution is 2.32. The maximum Gasteiger partial charge on any atom is 0.266 e. The van der Waals surface area contributed by atoms with Crippen LogP contribution in [0.5, 0.6) is 0 Å². The molecule has 1 saturated heterocycles. The zero-order chi connectivity index (χ0) is 18.3. The fourth-order valence-electron chi connectivity index (χ4n) is 3.93. The van der Waals surface area contributed by atoms with Crippen LogP contribution in [0.15, 0.2) is 33.7 Å². The predicted octanol–water partition coefficient (Wildman–Crippen LogP) is 2.53. The number of aromatic amines is 1. The first kappa shape index (κ1) is 16.6. The minimum absolute atomic E-state index is 0.0427. The first-order valence-electron chi connectivity index (χ1n) is 8.95. The van der Waals surface area contributed by atoms with E-state index in [-0.39, 0.29) is 17.5 Å². The number of likely N-dealkylation sites (tertiary alicyclic amines) is 1. The van der Waals surface area contributed by atoms with Crippen molar-refractivity contribution < 1.29 is 9.21 Å². The SMILES string of the molecule is Cc1nc2cc(=O)[nH]n2c(C)c1CCC(=O)N1CCCC1c1ccco1. The largest absolute Gasteiger partial charge is 0.467 e. The molecule has 1 aliphatic heterocycles. The van der Waals surface area contributed by atoms with Gasteiger partial charge in [0.05, 0.1) is 12.3 Å². The summed E-state index contributed by atoms with van der Waals surface area (Å²) in [6.07, 6.45) is 4.60. The predicted molar refractivity (Wildman–Crippen MR) is 96.0 cm³/mol. The molecule has 7 heteroatoms. The molecule has 3 aromatic rings. The fourth-order valence-corrected chi connectivity index (χ4v) is 3.93. The number of hydrogen-bond donors (Lipinski definition) is 1. The van der Waals surface area contributed by atoms with Gasteiger partial charge in [-0.05, 0) is 50.8 Å². The minimum atomic E-state index is -0.174. The molecule has 0 aromatic carbocycles. The van der Waals surface area contributed by atoms with Crippen molar-refractivity contribution in [3.63, 3.8) is 0 Å². The lowest BCUT2D eigenvalue weighted by Gasteiger charge is -2.23. The number of rotatable bonds is 4. The Balaban J connectivity index is 1.53. The Morgan fingerprint density at radius 1 is 1.42 bits per heavy atom. The van der Waals surface area contributed by atoms with Crippen molar-refractivity contribution >= 4 is 11.6 Å². The highest BCUT2D eigenvalue weighted by Gasteiger charge is 2.31. The Morgan fingerprint density at radius 3 is 3.04 bits per heavy atom. The number of carbonyl (C=O) groups is 1. The molecule has 1 N–H and O–H groups in total. The number of fused-ring (bicyclic) bond motifs is 1. The maximum absolute atomic E-state index is 12.8. The second-order valence-corrected chi connectivity index (χ2v) is 6.84. The summed E-state index contributed by atoms with van der Waals surface area (Å²) in [6.45, 7) is 4.63. The lowest BCUT2D eigenvalue weighted by atomic mass is 10.1. The zero-order valence-corrected chi connectivity index (χ0v) is 15.0. The van der Waals surface area contributed by atoms with Gasteiger partial charge in [0.2, 0.25) is 5.91 Å². The molecule has 4 rings (SSSR count). The Kier molecular flexibility index (Phi) is 4.14. The number of furan rings is 1. The van der Waals surface area contributed by atoms with E-state index in [0.717, 1.165) is 42.1 Å². The molecule has 0 saturated carbocycles. The van der Waals surface area contributed by atoms with Crippen molar-refractivity contribution in [1.29, 1.82) is 0 Å². The highest BCUT2D eigenvalue weighted by molar-refractivity contribution is 5.77. The average molecular weight is 354 g/mol. The highest BCUT2D eigenvalue weighted by atomic mass is 16.3. The van der Waals surface area contributed by atoms with Gasteiger partial charge in [-0.15, -0.1) is 0 Å². The summed E-state index contributed by atoms with van der Waals surface area (Å²) in [7, 11) is 0. The monoisotopic (exact) mass is 354 g/mol. The van der Waals surface area contributed by atoms with Crippen LogP contribution in [0.2, 0.25) is 0 Å². The molecule has 7 nitrogen and oxygen atoms in total.